The number of halogens is 3. The van der Waals surface area contributed by atoms with Gasteiger partial charge in [-0.15, -0.1) is 0 Å². The van der Waals surface area contributed by atoms with Crippen molar-refractivity contribution in [2.24, 2.45) is 5.92 Å². The minimum atomic E-state index is -4.16. The summed E-state index contributed by atoms with van der Waals surface area (Å²) in [4.78, 5) is 22.2. The summed E-state index contributed by atoms with van der Waals surface area (Å²) in [6.07, 6.45) is -1.55. The predicted molar refractivity (Wildman–Crippen MR) is 90.5 cm³/mol. The molecule has 1 unspecified atom stereocenters. The van der Waals surface area contributed by atoms with Crippen molar-refractivity contribution in [2.45, 2.75) is 50.4 Å². The van der Waals surface area contributed by atoms with Crippen LogP contribution in [-0.4, -0.2) is 39.7 Å². The second-order valence-corrected chi connectivity index (χ2v) is 7.20. The molecule has 0 radical (unpaired) electrons. The van der Waals surface area contributed by atoms with Crippen molar-refractivity contribution in [2.75, 3.05) is 6.54 Å². The minimum Gasteiger partial charge on any atom is -0.340 e. The number of hydrogen-bond donors (Lipinski definition) is 2. The number of fused-ring (bicyclic) bond motifs is 1. The summed E-state index contributed by atoms with van der Waals surface area (Å²) in [5, 5.41) is 2.77. The summed E-state index contributed by atoms with van der Waals surface area (Å²) < 4.78 is 37.8. The maximum Gasteiger partial charge on any atom is 0.391 e. The Morgan fingerprint density at radius 2 is 2.00 bits per heavy atom. The number of H-pyrrole nitrogens is 1. The monoisotopic (exact) mass is 366 g/mol. The van der Waals surface area contributed by atoms with E-state index in [1.54, 1.807) is 4.90 Å². The van der Waals surface area contributed by atoms with E-state index in [9.17, 15) is 18.0 Å². The molecular formula is C18H21F3N4O. The van der Waals surface area contributed by atoms with Crippen LogP contribution in [0.25, 0.3) is 11.0 Å². The minimum absolute atomic E-state index is 0.0294. The number of hydrogen-bond acceptors (Lipinski definition) is 2. The van der Waals surface area contributed by atoms with Crippen LogP contribution in [0.5, 0.6) is 0 Å². The van der Waals surface area contributed by atoms with Crippen LogP contribution in [0.3, 0.4) is 0 Å². The van der Waals surface area contributed by atoms with Crippen LogP contribution in [0.15, 0.2) is 24.3 Å². The summed E-state index contributed by atoms with van der Waals surface area (Å²) >= 11 is 0. The number of carbonyl (C=O) groups is 1. The Morgan fingerprint density at radius 3 is 2.73 bits per heavy atom. The number of amides is 2. The van der Waals surface area contributed by atoms with Gasteiger partial charge in [0.05, 0.1) is 23.0 Å². The molecule has 2 fully saturated rings. The van der Waals surface area contributed by atoms with Crippen molar-refractivity contribution in [1.29, 1.82) is 0 Å². The Morgan fingerprint density at radius 1 is 1.23 bits per heavy atom. The summed E-state index contributed by atoms with van der Waals surface area (Å²) in [7, 11) is 0. The molecule has 1 aliphatic heterocycles. The second-order valence-electron chi connectivity index (χ2n) is 7.20. The van der Waals surface area contributed by atoms with Gasteiger partial charge in [-0.3, -0.25) is 0 Å². The number of nitrogens with one attached hydrogen (secondary N) is 2. The molecule has 1 atom stereocenters. The summed E-state index contributed by atoms with van der Waals surface area (Å²) in [5.41, 5.74) is 1.76. The fourth-order valence-electron chi connectivity index (χ4n) is 3.85. The van der Waals surface area contributed by atoms with Crippen LogP contribution < -0.4 is 5.32 Å². The molecule has 26 heavy (non-hydrogen) atoms. The highest BCUT2D eigenvalue weighted by Gasteiger charge is 2.48. The number of alkyl halides is 3. The van der Waals surface area contributed by atoms with E-state index in [2.05, 4.69) is 15.3 Å². The van der Waals surface area contributed by atoms with E-state index >= 15 is 0 Å². The van der Waals surface area contributed by atoms with E-state index in [0.717, 1.165) is 36.1 Å². The molecule has 2 aromatic rings. The van der Waals surface area contributed by atoms with Crippen LogP contribution in [0, 0.1) is 5.92 Å². The first-order chi connectivity index (χ1) is 12.4. The fraction of sp³-hybridized carbons (Fsp3) is 0.556. The van der Waals surface area contributed by atoms with Gasteiger partial charge in [0.15, 0.2) is 0 Å². The molecule has 1 aliphatic carbocycles. The molecule has 1 saturated carbocycles. The van der Waals surface area contributed by atoms with Gasteiger partial charge in [-0.05, 0) is 44.2 Å². The van der Waals surface area contributed by atoms with E-state index in [0.29, 0.717) is 6.54 Å². The first-order valence-corrected chi connectivity index (χ1v) is 9.00. The molecule has 2 aliphatic rings. The molecule has 1 aromatic heterocycles. The van der Waals surface area contributed by atoms with Crippen LogP contribution in [0.4, 0.5) is 18.0 Å². The van der Waals surface area contributed by atoms with E-state index in [1.807, 2.05) is 24.3 Å². The van der Waals surface area contributed by atoms with Gasteiger partial charge in [-0.1, -0.05) is 12.1 Å². The van der Waals surface area contributed by atoms with E-state index < -0.39 is 18.1 Å². The molecule has 2 heterocycles. The van der Waals surface area contributed by atoms with Gasteiger partial charge >= 0.3 is 12.2 Å². The standard InChI is InChI=1S/C18H21F3N4O/c19-18(20,21)11-9-12(10-11)22-17(26)25-8-4-3-7-15(25)16-23-13-5-1-2-6-14(13)24-16/h1-2,5-6,11-12,15H,3-4,7-10H2,(H,22,26)(H,23,24). The SMILES string of the molecule is O=C(NC1CC(C(F)(F)F)C1)N1CCCCC1c1nc2ccccc2[nH]1. The smallest absolute Gasteiger partial charge is 0.340 e. The van der Waals surface area contributed by atoms with E-state index in [4.69, 9.17) is 0 Å². The van der Waals surface area contributed by atoms with Gasteiger partial charge in [-0.25, -0.2) is 9.78 Å². The number of imidazole rings is 1. The number of para-hydroxylation sites is 2. The van der Waals surface area contributed by atoms with Crippen molar-refractivity contribution < 1.29 is 18.0 Å². The molecule has 0 spiro atoms. The third-order valence-electron chi connectivity index (χ3n) is 5.42. The molecule has 2 N–H and O–H groups in total. The highest BCUT2D eigenvalue weighted by atomic mass is 19.4. The van der Waals surface area contributed by atoms with Gasteiger partial charge in [0.25, 0.3) is 0 Å². The molecule has 1 saturated heterocycles. The Kier molecular flexibility index (Phi) is 4.28. The number of likely N-dealkylation sites (tertiary alicyclic amines) is 1. The quantitative estimate of drug-likeness (QED) is 0.839. The van der Waals surface area contributed by atoms with Gasteiger partial charge < -0.3 is 15.2 Å². The number of aromatic amines is 1. The van der Waals surface area contributed by atoms with E-state index in [-0.39, 0.29) is 24.9 Å². The fourth-order valence-corrected chi connectivity index (χ4v) is 3.85. The zero-order valence-electron chi connectivity index (χ0n) is 14.2. The largest absolute Gasteiger partial charge is 0.391 e. The number of urea groups is 1. The third-order valence-corrected chi connectivity index (χ3v) is 5.42. The molecule has 1 aromatic carbocycles. The topological polar surface area (TPSA) is 61.0 Å². The van der Waals surface area contributed by atoms with Gasteiger partial charge in [0.2, 0.25) is 0 Å². The maximum atomic E-state index is 12.6. The maximum absolute atomic E-state index is 12.6. The van der Waals surface area contributed by atoms with Gasteiger partial charge in [-0.2, -0.15) is 13.2 Å². The zero-order chi connectivity index (χ0) is 18.3. The number of carbonyl (C=O) groups excluding carboxylic acids is 1. The lowest BCUT2D eigenvalue weighted by atomic mass is 9.80. The van der Waals surface area contributed by atoms with Crippen LogP contribution in [0.2, 0.25) is 0 Å². The zero-order valence-corrected chi connectivity index (χ0v) is 14.2. The van der Waals surface area contributed by atoms with Crippen molar-refractivity contribution in [3.8, 4) is 0 Å². The molecule has 8 heteroatoms. The third kappa shape index (κ3) is 3.24. The average molecular weight is 366 g/mol. The van der Waals surface area contributed by atoms with E-state index in [1.165, 1.54) is 0 Å². The van der Waals surface area contributed by atoms with Crippen molar-refractivity contribution >= 4 is 17.1 Å². The Bertz CT molecular complexity index is 764. The Balaban J connectivity index is 1.45. The number of piperidine rings is 1. The average Bonchev–Trinajstić information content (AvgIpc) is 3.00. The van der Waals surface area contributed by atoms with Crippen LogP contribution in [-0.2, 0) is 0 Å². The molecule has 140 valence electrons. The summed E-state index contributed by atoms with van der Waals surface area (Å²) in [5.74, 6) is -0.553. The highest BCUT2D eigenvalue weighted by molar-refractivity contribution is 5.77. The first-order valence-electron chi connectivity index (χ1n) is 9.00. The number of rotatable bonds is 2. The molecule has 0 bridgehead atoms. The molecule has 2 amide bonds. The highest BCUT2D eigenvalue weighted by Crippen LogP contribution is 2.41. The van der Waals surface area contributed by atoms with Crippen LogP contribution in [0.1, 0.15) is 44.0 Å². The molecular weight excluding hydrogens is 345 g/mol. The Labute approximate surface area is 149 Å². The lowest BCUT2D eigenvalue weighted by Crippen LogP contribution is -2.54. The molecule has 5 nitrogen and oxygen atoms in total. The second kappa shape index (κ2) is 6.48. The van der Waals surface area contributed by atoms with Crippen molar-refractivity contribution in [1.82, 2.24) is 20.2 Å². The van der Waals surface area contributed by atoms with Crippen LogP contribution >= 0.6 is 0 Å². The van der Waals surface area contributed by atoms with Crippen molar-refractivity contribution in [3.05, 3.63) is 30.1 Å². The van der Waals surface area contributed by atoms with Crippen molar-refractivity contribution in [3.63, 3.8) is 0 Å². The van der Waals surface area contributed by atoms with Gasteiger partial charge in [0.1, 0.15) is 5.82 Å². The molecule has 4 rings (SSSR count). The summed E-state index contributed by atoms with van der Waals surface area (Å²) in [6.45, 7) is 0.586. The normalized spacial score (nSPS) is 26.6. The number of benzene rings is 1. The first kappa shape index (κ1) is 17.2. The number of nitrogens with zero attached hydrogens (tertiary/aromatic N) is 2. The number of aromatic nitrogens is 2. The lowest BCUT2D eigenvalue weighted by Gasteiger charge is -2.40. The van der Waals surface area contributed by atoms with Gasteiger partial charge in [0, 0.05) is 12.6 Å². The Hall–Kier alpha value is -2.25. The predicted octanol–water partition coefficient (Wildman–Crippen LogP) is 4.14. The summed E-state index contributed by atoms with van der Waals surface area (Å²) in [6, 6.07) is 6.82. The lowest BCUT2D eigenvalue weighted by molar-refractivity contribution is -0.198.